The van der Waals surface area contributed by atoms with Gasteiger partial charge >= 0.3 is 0 Å². The van der Waals surface area contributed by atoms with E-state index in [-0.39, 0.29) is 0 Å². The zero-order chi connectivity index (χ0) is 9.68. The molecule has 0 unspecified atom stereocenters. The lowest BCUT2D eigenvalue weighted by atomic mass is 10.1. The van der Waals surface area contributed by atoms with Crippen LogP contribution in [0.25, 0.3) is 0 Å². The Kier molecular flexibility index (Phi) is 3.12. The van der Waals surface area contributed by atoms with Gasteiger partial charge in [0.15, 0.2) is 0 Å². The molecule has 0 bridgehead atoms. The number of benzene rings is 1. The fourth-order valence-electron chi connectivity index (χ4n) is 1.13. The second-order valence-electron chi connectivity index (χ2n) is 2.96. The monoisotopic (exact) mass is 169 g/mol. The Morgan fingerprint density at radius 3 is 2.69 bits per heavy atom. The Balaban J connectivity index is 2.93. The van der Waals surface area contributed by atoms with Crippen molar-refractivity contribution in [3.05, 3.63) is 34.9 Å². The second-order valence-corrected chi connectivity index (χ2v) is 2.96. The van der Waals surface area contributed by atoms with E-state index in [1.54, 1.807) is 0 Å². The summed E-state index contributed by atoms with van der Waals surface area (Å²) in [4.78, 5) is 0. The van der Waals surface area contributed by atoms with Crippen molar-refractivity contribution in [3.8, 4) is 17.9 Å². The quantitative estimate of drug-likeness (QED) is 0.547. The van der Waals surface area contributed by atoms with Crippen molar-refractivity contribution in [2.24, 2.45) is 0 Å². The van der Waals surface area contributed by atoms with E-state index in [4.69, 9.17) is 5.26 Å². The van der Waals surface area contributed by atoms with Gasteiger partial charge < -0.3 is 0 Å². The van der Waals surface area contributed by atoms with Crippen LogP contribution in [0.3, 0.4) is 0 Å². The average Bonchev–Trinajstić information content (AvgIpc) is 2.09. The smallest absolute Gasteiger partial charge is 0.0966 e. The highest BCUT2D eigenvalue weighted by Crippen LogP contribution is 2.08. The molecule has 64 valence electrons. The largest absolute Gasteiger partial charge is 0.197 e. The summed E-state index contributed by atoms with van der Waals surface area (Å²) < 4.78 is 0. The van der Waals surface area contributed by atoms with Crippen LogP contribution in [0.2, 0.25) is 0 Å². The van der Waals surface area contributed by atoms with E-state index in [2.05, 4.69) is 24.8 Å². The number of nitrogens with zero attached hydrogens (tertiary/aromatic N) is 1. The minimum absolute atomic E-state index is 0.299. The summed E-state index contributed by atoms with van der Waals surface area (Å²) in [5, 5.41) is 8.31. The molecular formula is C12H11N. The maximum Gasteiger partial charge on any atom is 0.0966 e. The SMILES string of the molecule is Cc1ccc(C#CCC#N)c(C)c1. The van der Waals surface area contributed by atoms with Gasteiger partial charge in [-0.05, 0) is 25.5 Å². The molecule has 0 aliphatic rings. The molecule has 0 saturated heterocycles. The van der Waals surface area contributed by atoms with Crippen LogP contribution < -0.4 is 0 Å². The molecule has 0 spiro atoms. The van der Waals surface area contributed by atoms with Gasteiger partial charge in [0.1, 0.15) is 0 Å². The van der Waals surface area contributed by atoms with Crippen LogP contribution in [0.4, 0.5) is 0 Å². The fourth-order valence-corrected chi connectivity index (χ4v) is 1.13. The van der Waals surface area contributed by atoms with Gasteiger partial charge in [0.05, 0.1) is 12.5 Å². The maximum atomic E-state index is 8.31. The molecule has 0 fully saturated rings. The normalized spacial score (nSPS) is 8.38. The number of hydrogen-bond donors (Lipinski definition) is 0. The van der Waals surface area contributed by atoms with Crippen molar-refractivity contribution in [3.63, 3.8) is 0 Å². The summed E-state index contributed by atoms with van der Waals surface area (Å²) in [6.07, 6.45) is 0.299. The van der Waals surface area contributed by atoms with E-state index >= 15 is 0 Å². The average molecular weight is 169 g/mol. The summed E-state index contributed by atoms with van der Waals surface area (Å²) in [7, 11) is 0. The van der Waals surface area contributed by atoms with E-state index in [0.29, 0.717) is 6.42 Å². The Bertz CT molecular complexity index is 399. The van der Waals surface area contributed by atoms with Crippen molar-refractivity contribution >= 4 is 0 Å². The maximum absolute atomic E-state index is 8.31. The third-order valence-corrected chi connectivity index (χ3v) is 1.77. The van der Waals surface area contributed by atoms with Crippen molar-refractivity contribution < 1.29 is 0 Å². The lowest BCUT2D eigenvalue weighted by Gasteiger charge is -1.98. The highest BCUT2D eigenvalue weighted by Gasteiger charge is 1.92. The minimum Gasteiger partial charge on any atom is -0.197 e. The zero-order valence-electron chi connectivity index (χ0n) is 7.89. The summed E-state index contributed by atoms with van der Waals surface area (Å²) in [6, 6.07) is 8.12. The number of nitriles is 1. The van der Waals surface area contributed by atoms with E-state index in [9.17, 15) is 0 Å². The van der Waals surface area contributed by atoms with Crippen LogP contribution in [0.1, 0.15) is 23.1 Å². The van der Waals surface area contributed by atoms with Crippen molar-refractivity contribution in [2.45, 2.75) is 20.3 Å². The van der Waals surface area contributed by atoms with E-state index in [0.717, 1.165) is 5.56 Å². The molecule has 0 saturated carbocycles. The molecular weight excluding hydrogens is 158 g/mol. The first-order valence-corrected chi connectivity index (χ1v) is 4.17. The van der Waals surface area contributed by atoms with Gasteiger partial charge in [0, 0.05) is 5.56 Å². The summed E-state index contributed by atoms with van der Waals surface area (Å²) in [6.45, 7) is 4.09. The Hall–Kier alpha value is -1.73. The molecule has 0 aliphatic carbocycles. The van der Waals surface area contributed by atoms with Gasteiger partial charge in [0.25, 0.3) is 0 Å². The van der Waals surface area contributed by atoms with Crippen LogP contribution in [-0.2, 0) is 0 Å². The van der Waals surface area contributed by atoms with E-state index < -0.39 is 0 Å². The molecule has 0 amide bonds. The molecule has 0 radical (unpaired) electrons. The number of rotatable bonds is 0. The summed E-state index contributed by atoms with van der Waals surface area (Å²) in [5.41, 5.74) is 3.43. The van der Waals surface area contributed by atoms with Crippen LogP contribution in [0, 0.1) is 37.0 Å². The van der Waals surface area contributed by atoms with Gasteiger partial charge in [-0.3, -0.25) is 0 Å². The summed E-state index contributed by atoms with van der Waals surface area (Å²) in [5.74, 6) is 5.77. The van der Waals surface area contributed by atoms with Crippen LogP contribution in [-0.4, -0.2) is 0 Å². The molecule has 0 heterocycles. The van der Waals surface area contributed by atoms with Gasteiger partial charge in [-0.15, -0.1) is 0 Å². The first-order chi connectivity index (χ1) is 6.24. The first kappa shape index (κ1) is 9.36. The van der Waals surface area contributed by atoms with Crippen LogP contribution in [0.15, 0.2) is 18.2 Å². The van der Waals surface area contributed by atoms with Crippen molar-refractivity contribution in [2.75, 3.05) is 0 Å². The Morgan fingerprint density at radius 2 is 2.08 bits per heavy atom. The second kappa shape index (κ2) is 4.33. The lowest BCUT2D eigenvalue weighted by molar-refractivity contribution is 1.36. The van der Waals surface area contributed by atoms with E-state index in [1.165, 1.54) is 11.1 Å². The van der Waals surface area contributed by atoms with Gasteiger partial charge in [-0.1, -0.05) is 29.5 Å². The topological polar surface area (TPSA) is 23.8 Å². The predicted molar refractivity (Wildman–Crippen MR) is 53.0 cm³/mol. The molecule has 0 atom stereocenters. The van der Waals surface area contributed by atoms with Gasteiger partial charge in [-0.2, -0.15) is 5.26 Å². The molecule has 0 aliphatic heterocycles. The van der Waals surface area contributed by atoms with Gasteiger partial charge in [0.2, 0.25) is 0 Å². The van der Waals surface area contributed by atoms with Crippen LogP contribution >= 0.6 is 0 Å². The molecule has 1 aromatic rings. The van der Waals surface area contributed by atoms with Gasteiger partial charge in [-0.25, -0.2) is 0 Å². The predicted octanol–water partition coefficient (Wildman–Crippen LogP) is 2.57. The molecule has 1 nitrogen and oxygen atoms in total. The summed E-state index contributed by atoms with van der Waals surface area (Å²) >= 11 is 0. The molecule has 1 aromatic carbocycles. The first-order valence-electron chi connectivity index (χ1n) is 4.17. The third kappa shape index (κ3) is 2.65. The van der Waals surface area contributed by atoms with Crippen molar-refractivity contribution in [1.82, 2.24) is 0 Å². The third-order valence-electron chi connectivity index (χ3n) is 1.77. The zero-order valence-corrected chi connectivity index (χ0v) is 7.89. The minimum atomic E-state index is 0.299. The van der Waals surface area contributed by atoms with E-state index in [1.807, 2.05) is 25.1 Å². The Morgan fingerprint density at radius 1 is 1.31 bits per heavy atom. The fraction of sp³-hybridized carbons (Fsp3) is 0.250. The molecule has 1 rings (SSSR count). The highest BCUT2D eigenvalue weighted by molar-refractivity contribution is 5.42. The molecule has 13 heavy (non-hydrogen) atoms. The number of hydrogen-bond acceptors (Lipinski definition) is 1. The van der Waals surface area contributed by atoms with Crippen LogP contribution in [0.5, 0.6) is 0 Å². The Labute approximate surface area is 79.0 Å². The standard InChI is InChI=1S/C12H11N/c1-10-6-7-12(11(2)9-10)5-3-4-8-13/h6-7,9H,4H2,1-2H3. The molecule has 0 aromatic heterocycles. The van der Waals surface area contributed by atoms with Crippen molar-refractivity contribution in [1.29, 1.82) is 5.26 Å². The molecule has 0 N–H and O–H groups in total. The highest BCUT2D eigenvalue weighted by atomic mass is 14.2. The number of aryl methyl sites for hydroxylation is 2. The molecule has 1 heteroatoms. The lowest BCUT2D eigenvalue weighted by Crippen LogP contribution is -1.82.